The van der Waals surface area contributed by atoms with Gasteiger partial charge in [-0.15, -0.1) is 0 Å². The Kier molecular flexibility index (Phi) is 4.63. The molecule has 4 aromatic rings. The number of aromatic nitrogens is 5. The van der Waals surface area contributed by atoms with Crippen molar-refractivity contribution in [3.05, 3.63) is 23.2 Å². The van der Waals surface area contributed by atoms with E-state index in [0.717, 1.165) is 48.6 Å². The minimum Gasteiger partial charge on any atom is -0.465 e. The Bertz CT molecular complexity index is 1180. The van der Waals surface area contributed by atoms with E-state index in [1.165, 1.54) is 16.2 Å². The molecule has 1 N–H and O–H groups in total. The lowest BCUT2D eigenvalue weighted by Gasteiger charge is -2.35. The monoisotopic (exact) mass is 493 g/mol. The first-order valence-electron chi connectivity index (χ1n) is 8.97. The average Bonchev–Trinajstić information content (AvgIpc) is 3.43. The fourth-order valence-corrected chi connectivity index (χ4v) is 5.98. The zero-order valence-electron chi connectivity index (χ0n) is 15.3. The molecule has 1 amide bonds. The van der Waals surface area contributed by atoms with Crippen molar-refractivity contribution in [2.45, 2.75) is 18.9 Å². The van der Waals surface area contributed by atoms with Crippen molar-refractivity contribution in [1.82, 2.24) is 29.2 Å². The average molecular weight is 494 g/mol. The smallest absolute Gasteiger partial charge is 0.407 e. The minimum atomic E-state index is -0.842. The van der Waals surface area contributed by atoms with E-state index in [0.29, 0.717) is 13.1 Å². The number of likely N-dealkylation sites (tertiary alicyclic amines) is 1. The predicted molar refractivity (Wildman–Crippen MR) is 116 cm³/mol. The molecule has 12 heteroatoms. The molecule has 0 aliphatic carbocycles. The van der Waals surface area contributed by atoms with Crippen LogP contribution in [0.3, 0.4) is 0 Å². The Balaban J connectivity index is 1.40. The number of carbonyl (C=O) groups is 1. The topological polar surface area (TPSA) is 99.8 Å². The van der Waals surface area contributed by atoms with Crippen LogP contribution in [0.4, 0.5) is 9.93 Å². The van der Waals surface area contributed by atoms with Crippen LogP contribution in [0.1, 0.15) is 12.8 Å². The number of hydrogen-bond acceptors (Lipinski definition) is 8. The maximum Gasteiger partial charge on any atom is 0.407 e. The van der Waals surface area contributed by atoms with Crippen molar-refractivity contribution < 1.29 is 9.90 Å². The summed E-state index contributed by atoms with van der Waals surface area (Å²) in [6, 6.07) is 0.281. The molecule has 0 bridgehead atoms. The van der Waals surface area contributed by atoms with E-state index in [2.05, 4.69) is 30.8 Å². The number of nitrogens with zero attached hydrogens (tertiary/aromatic N) is 7. The van der Waals surface area contributed by atoms with Crippen LogP contribution in [-0.2, 0) is 0 Å². The zero-order valence-corrected chi connectivity index (χ0v) is 18.5. The molecule has 5 rings (SSSR count). The summed E-state index contributed by atoms with van der Waals surface area (Å²) < 4.78 is 2.76. The van der Waals surface area contributed by atoms with E-state index >= 15 is 0 Å². The highest BCUT2D eigenvalue weighted by Crippen LogP contribution is 2.37. The van der Waals surface area contributed by atoms with Gasteiger partial charge in [0.1, 0.15) is 15.3 Å². The van der Waals surface area contributed by atoms with Gasteiger partial charge in [-0.2, -0.15) is 0 Å². The summed E-state index contributed by atoms with van der Waals surface area (Å²) >= 11 is 6.54. The number of anilines is 1. The number of thiazole rings is 2. The predicted octanol–water partition coefficient (Wildman–Crippen LogP) is 3.80. The summed E-state index contributed by atoms with van der Waals surface area (Å²) in [7, 11) is 2.02. The quantitative estimate of drug-likeness (QED) is 0.463. The lowest BCUT2D eigenvalue weighted by atomic mass is 10.0. The second-order valence-electron chi connectivity index (χ2n) is 6.79. The van der Waals surface area contributed by atoms with E-state index in [1.54, 1.807) is 23.7 Å². The Morgan fingerprint density at radius 2 is 2.00 bits per heavy atom. The fraction of sp³-hybridized carbons (Fsp3) is 0.353. The highest BCUT2D eigenvalue weighted by Gasteiger charge is 2.27. The van der Waals surface area contributed by atoms with Gasteiger partial charge >= 0.3 is 6.09 Å². The largest absolute Gasteiger partial charge is 0.465 e. The third-order valence-electron chi connectivity index (χ3n) is 5.13. The number of amides is 1. The summed E-state index contributed by atoms with van der Waals surface area (Å²) in [5.74, 6) is 0. The molecule has 0 radical (unpaired) electrons. The lowest BCUT2D eigenvalue weighted by Crippen LogP contribution is -2.45. The number of hydrogen-bond donors (Lipinski definition) is 1. The number of halogens is 1. The number of carboxylic acid groups (broad SMARTS) is 1. The van der Waals surface area contributed by atoms with Crippen molar-refractivity contribution in [2.24, 2.45) is 0 Å². The van der Waals surface area contributed by atoms with E-state index in [-0.39, 0.29) is 6.04 Å². The third-order valence-corrected chi connectivity index (χ3v) is 7.85. The third kappa shape index (κ3) is 3.24. The van der Waals surface area contributed by atoms with E-state index in [1.807, 2.05) is 17.6 Å². The van der Waals surface area contributed by atoms with Crippen molar-refractivity contribution in [3.63, 3.8) is 0 Å². The summed E-state index contributed by atoms with van der Waals surface area (Å²) in [5.41, 5.74) is 1.49. The first-order chi connectivity index (χ1) is 14.0. The molecule has 0 spiro atoms. The Labute approximate surface area is 181 Å². The van der Waals surface area contributed by atoms with Gasteiger partial charge in [0.25, 0.3) is 0 Å². The van der Waals surface area contributed by atoms with Gasteiger partial charge in [0.2, 0.25) is 0 Å². The van der Waals surface area contributed by atoms with Crippen LogP contribution < -0.4 is 4.90 Å². The first kappa shape index (κ1) is 18.7. The summed E-state index contributed by atoms with van der Waals surface area (Å²) in [6.07, 6.45) is 6.12. The summed E-state index contributed by atoms with van der Waals surface area (Å²) in [5, 5.41) is 10.8. The summed E-state index contributed by atoms with van der Waals surface area (Å²) in [6.45, 7) is 1.12. The van der Waals surface area contributed by atoms with E-state index in [4.69, 9.17) is 15.1 Å². The SMILES string of the molecule is CN(c1nc2sc(-c3ncc(Br)n4ccnc34)nc2s1)C1CCN(C(=O)O)CC1. The minimum absolute atomic E-state index is 0.281. The fourth-order valence-electron chi connectivity index (χ4n) is 3.52. The number of rotatable bonds is 3. The normalized spacial score (nSPS) is 15.4. The highest BCUT2D eigenvalue weighted by molar-refractivity contribution is 9.10. The molecule has 5 heterocycles. The van der Waals surface area contributed by atoms with Gasteiger partial charge in [-0.1, -0.05) is 22.7 Å². The molecule has 0 unspecified atom stereocenters. The number of imidazole rings is 1. The maximum atomic E-state index is 11.1. The van der Waals surface area contributed by atoms with Crippen LogP contribution in [0.5, 0.6) is 0 Å². The van der Waals surface area contributed by atoms with Crippen LogP contribution >= 0.6 is 38.6 Å². The molecular weight excluding hydrogens is 478 g/mol. The van der Waals surface area contributed by atoms with Crippen LogP contribution in [0.2, 0.25) is 0 Å². The maximum absolute atomic E-state index is 11.1. The molecule has 4 aromatic heterocycles. The van der Waals surface area contributed by atoms with Gasteiger partial charge in [0.15, 0.2) is 20.4 Å². The molecule has 1 saturated heterocycles. The van der Waals surface area contributed by atoms with Gasteiger partial charge in [-0.05, 0) is 28.8 Å². The molecule has 29 heavy (non-hydrogen) atoms. The van der Waals surface area contributed by atoms with Gasteiger partial charge < -0.3 is 14.9 Å². The molecule has 0 aromatic carbocycles. The van der Waals surface area contributed by atoms with Crippen molar-refractivity contribution in [2.75, 3.05) is 25.0 Å². The molecule has 9 nitrogen and oxygen atoms in total. The van der Waals surface area contributed by atoms with Crippen LogP contribution in [0.15, 0.2) is 23.2 Å². The highest BCUT2D eigenvalue weighted by atomic mass is 79.9. The standard InChI is InChI=1S/C17H16BrN7O2S2/c1-23(9-2-5-24(6-3-9)17(26)27)16-22-15-14(29-16)21-13(28-15)11-12-19-4-7-25(12)10(18)8-20-11/h4,7-9H,2-3,5-6H2,1H3,(H,26,27). The Morgan fingerprint density at radius 3 is 2.72 bits per heavy atom. The van der Waals surface area contributed by atoms with Crippen LogP contribution in [0, 0.1) is 0 Å². The van der Waals surface area contributed by atoms with Crippen molar-refractivity contribution >= 4 is 65.1 Å². The van der Waals surface area contributed by atoms with Crippen molar-refractivity contribution in [3.8, 4) is 10.7 Å². The lowest BCUT2D eigenvalue weighted by molar-refractivity contribution is 0.132. The summed E-state index contributed by atoms with van der Waals surface area (Å²) in [4.78, 5) is 34.9. The number of piperidine rings is 1. The Hall–Kier alpha value is -2.31. The zero-order chi connectivity index (χ0) is 20.1. The van der Waals surface area contributed by atoms with Gasteiger partial charge in [0.05, 0.1) is 6.20 Å². The molecule has 1 aliphatic rings. The Morgan fingerprint density at radius 1 is 1.24 bits per heavy atom. The molecule has 150 valence electrons. The van der Waals surface area contributed by atoms with E-state index < -0.39 is 6.09 Å². The molecule has 1 aliphatic heterocycles. The first-order valence-corrected chi connectivity index (χ1v) is 11.4. The van der Waals surface area contributed by atoms with Gasteiger partial charge in [0, 0.05) is 38.6 Å². The molecule has 0 atom stereocenters. The van der Waals surface area contributed by atoms with Crippen LogP contribution in [-0.4, -0.2) is 66.6 Å². The molecule has 1 fully saturated rings. The van der Waals surface area contributed by atoms with Gasteiger partial charge in [-0.25, -0.2) is 24.7 Å². The van der Waals surface area contributed by atoms with Crippen LogP contribution in [0.25, 0.3) is 26.0 Å². The van der Waals surface area contributed by atoms with Gasteiger partial charge in [-0.3, -0.25) is 4.40 Å². The van der Waals surface area contributed by atoms with E-state index in [9.17, 15) is 4.79 Å². The molecular formula is C17H16BrN7O2S2. The molecule has 0 saturated carbocycles. The second kappa shape index (κ2) is 7.18. The van der Waals surface area contributed by atoms with Crippen molar-refractivity contribution in [1.29, 1.82) is 0 Å². The number of fused-ring (bicyclic) bond motifs is 2. The second-order valence-corrected chi connectivity index (χ2v) is 9.53.